The maximum atomic E-state index is 12.0. The third-order valence-corrected chi connectivity index (χ3v) is 4.69. The van der Waals surface area contributed by atoms with Gasteiger partial charge >= 0.3 is 5.97 Å². The van der Waals surface area contributed by atoms with E-state index in [9.17, 15) is 19.5 Å². The molecule has 2 atom stereocenters. The highest BCUT2D eigenvalue weighted by molar-refractivity contribution is 9.10. The van der Waals surface area contributed by atoms with Crippen molar-refractivity contribution in [3.8, 4) is 0 Å². The summed E-state index contributed by atoms with van der Waals surface area (Å²) in [6, 6.07) is 6.85. The Morgan fingerprint density at radius 1 is 1.08 bits per heavy atom. The zero-order valence-electron chi connectivity index (χ0n) is 14.7. The number of carbonyl (C=O) groups is 3. The van der Waals surface area contributed by atoms with E-state index in [-0.39, 0.29) is 12.3 Å². The standard InChI is InChI=1S/C18H25BrN2O4/c1-11(2)8-9-13(18(24)25)12(3)10-16(22)20-21-17(23)14-6-4-5-7-15(14)19/h4-7,11-13H,8-10H2,1-3H3,(H,20,22)(H,21,23)(H,24,25)/t12-,13+/m1/s1. The summed E-state index contributed by atoms with van der Waals surface area (Å²) < 4.78 is 0.620. The summed E-state index contributed by atoms with van der Waals surface area (Å²) >= 11 is 3.27. The topological polar surface area (TPSA) is 95.5 Å². The molecule has 25 heavy (non-hydrogen) atoms. The molecule has 6 nitrogen and oxygen atoms in total. The number of rotatable bonds is 8. The molecular weight excluding hydrogens is 388 g/mol. The molecule has 0 aliphatic carbocycles. The van der Waals surface area contributed by atoms with Crippen molar-refractivity contribution in [2.24, 2.45) is 17.8 Å². The van der Waals surface area contributed by atoms with Gasteiger partial charge in [0.1, 0.15) is 0 Å². The Morgan fingerprint density at radius 3 is 2.28 bits per heavy atom. The van der Waals surface area contributed by atoms with Crippen molar-refractivity contribution in [1.29, 1.82) is 0 Å². The average molecular weight is 413 g/mol. The molecule has 0 aliphatic rings. The van der Waals surface area contributed by atoms with Crippen molar-refractivity contribution in [3.05, 3.63) is 34.3 Å². The predicted molar refractivity (Wildman–Crippen MR) is 98.7 cm³/mol. The van der Waals surface area contributed by atoms with Gasteiger partial charge in [0.15, 0.2) is 0 Å². The van der Waals surface area contributed by atoms with Crippen molar-refractivity contribution in [2.75, 3.05) is 0 Å². The quantitative estimate of drug-likeness (QED) is 0.570. The van der Waals surface area contributed by atoms with Crippen LogP contribution in [0, 0.1) is 17.8 Å². The van der Waals surface area contributed by atoms with Gasteiger partial charge in [-0.25, -0.2) is 0 Å². The zero-order chi connectivity index (χ0) is 19.0. The number of nitrogens with one attached hydrogen (secondary N) is 2. The van der Waals surface area contributed by atoms with Crippen molar-refractivity contribution >= 4 is 33.7 Å². The molecule has 0 saturated carbocycles. The van der Waals surface area contributed by atoms with Crippen molar-refractivity contribution in [3.63, 3.8) is 0 Å². The number of benzene rings is 1. The molecule has 3 N–H and O–H groups in total. The molecule has 0 bridgehead atoms. The van der Waals surface area contributed by atoms with Crippen LogP contribution in [0.5, 0.6) is 0 Å². The van der Waals surface area contributed by atoms with Gasteiger partial charge in [-0.1, -0.05) is 39.3 Å². The molecular formula is C18H25BrN2O4. The molecule has 0 unspecified atom stereocenters. The summed E-state index contributed by atoms with van der Waals surface area (Å²) in [6.07, 6.45) is 1.36. The van der Waals surface area contributed by atoms with Gasteiger partial charge in [0.25, 0.3) is 5.91 Å². The first-order valence-corrected chi connectivity index (χ1v) is 9.08. The van der Waals surface area contributed by atoms with Gasteiger partial charge in [0, 0.05) is 10.9 Å². The summed E-state index contributed by atoms with van der Waals surface area (Å²) in [4.78, 5) is 35.5. The minimum atomic E-state index is -0.891. The normalized spacial score (nSPS) is 13.2. The van der Waals surface area contributed by atoms with E-state index < -0.39 is 23.7 Å². The molecule has 1 rings (SSSR count). The van der Waals surface area contributed by atoms with Gasteiger partial charge in [-0.15, -0.1) is 0 Å². The molecule has 0 fully saturated rings. The molecule has 0 heterocycles. The fraction of sp³-hybridized carbons (Fsp3) is 0.500. The lowest BCUT2D eigenvalue weighted by molar-refractivity contribution is -0.144. The fourth-order valence-corrected chi connectivity index (χ4v) is 2.95. The molecule has 1 aromatic carbocycles. The Morgan fingerprint density at radius 2 is 1.72 bits per heavy atom. The lowest BCUT2D eigenvalue weighted by atomic mass is 9.85. The second kappa shape index (κ2) is 10.2. The van der Waals surface area contributed by atoms with E-state index in [1.54, 1.807) is 31.2 Å². The van der Waals surface area contributed by atoms with E-state index >= 15 is 0 Å². The summed E-state index contributed by atoms with van der Waals surface area (Å²) in [5.41, 5.74) is 5.09. The summed E-state index contributed by atoms with van der Waals surface area (Å²) in [5, 5.41) is 9.36. The lowest BCUT2D eigenvalue weighted by Crippen LogP contribution is -2.42. The van der Waals surface area contributed by atoms with Gasteiger partial charge in [0.05, 0.1) is 11.5 Å². The van der Waals surface area contributed by atoms with E-state index in [4.69, 9.17) is 0 Å². The van der Waals surface area contributed by atoms with Crippen LogP contribution in [0.4, 0.5) is 0 Å². The van der Waals surface area contributed by atoms with Gasteiger partial charge in [-0.3, -0.25) is 25.2 Å². The molecule has 1 aromatic rings. The summed E-state index contributed by atoms with van der Waals surface area (Å²) in [5.74, 6) is -2.24. The van der Waals surface area contributed by atoms with Gasteiger partial charge in [0.2, 0.25) is 5.91 Å². The van der Waals surface area contributed by atoms with Crippen LogP contribution < -0.4 is 10.9 Å². The van der Waals surface area contributed by atoms with Crippen molar-refractivity contribution < 1.29 is 19.5 Å². The highest BCUT2D eigenvalue weighted by Gasteiger charge is 2.26. The number of hydrogen-bond acceptors (Lipinski definition) is 3. The van der Waals surface area contributed by atoms with Gasteiger partial charge in [-0.2, -0.15) is 0 Å². The van der Waals surface area contributed by atoms with Crippen LogP contribution in [0.15, 0.2) is 28.7 Å². The van der Waals surface area contributed by atoms with Crippen molar-refractivity contribution in [2.45, 2.75) is 40.0 Å². The Balaban J connectivity index is 2.53. The highest BCUT2D eigenvalue weighted by atomic mass is 79.9. The second-order valence-corrected chi connectivity index (χ2v) is 7.43. The van der Waals surface area contributed by atoms with E-state index in [1.165, 1.54) is 0 Å². The third-order valence-electron chi connectivity index (χ3n) is 4.00. The van der Waals surface area contributed by atoms with E-state index in [0.717, 1.165) is 6.42 Å². The largest absolute Gasteiger partial charge is 0.481 e. The molecule has 138 valence electrons. The molecule has 7 heteroatoms. The van der Waals surface area contributed by atoms with Crippen LogP contribution in [-0.4, -0.2) is 22.9 Å². The SMILES string of the molecule is CC(C)CC[C@H](C(=O)O)[C@H](C)CC(=O)NNC(=O)c1ccccc1Br. The number of hydrogen-bond donors (Lipinski definition) is 3. The first-order valence-electron chi connectivity index (χ1n) is 8.28. The number of carboxylic acids is 1. The van der Waals surface area contributed by atoms with Crippen LogP contribution in [0.3, 0.4) is 0 Å². The first-order chi connectivity index (χ1) is 11.7. The van der Waals surface area contributed by atoms with E-state index in [1.807, 2.05) is 13.8 Å². The monoisotopic (exact) mass is 412 g/mol. The third kappa shape index (κ3) is 7.25. The Hall–Kier alpha value is -1.89. The van der Waals surface area contributed by atoms with Crippen LogP contribution in [-0.2, 0) is 9.59 Å². The van der Waals surface area contributed by atoms with Crippen LogP contribution in [0.25, 0.3) is 0 Å². The smallest absolute Gasteiger partial charge is 0.306 e. The molecule has 0 aliphatic heterocycles. The Kier molecular flexibility index (Phi) is 8.61. The zero-order valence-corrected chi connectivity index (χ0v) is 16.3. The average Bonchev–Trinajstić information content (AvgIpc) is 2.52. The van der Waals surface area contributed by atoms with Crippen LogP contribution >= 0.6 is 15.9 Å². The van der Waals surface area contributed by atoms with Crippen LogP contribution in [0.1, 0.15) is 50.4 Å². The molecule has 0 aromatic heterocycles. The number of halogens is 1. The minimum absolute atomic E-state index is 0.0330. The fourth-order valence-electron chi connectivity index (χ4n) is 2.49. The summed E-state index contributed by atoms with van der Waals surface area (Å²) in [6.45, 7) is 5.81. The maximum Gasteiger partial charge on any atom is 0.306 e. The molecule has 0 spiro atoms. The molecule has 0 radical (unpaired) electrons. The number of carbonyl (C=O) groups excluding carboxylic acids is 2. The highest BCUT2D eigenvalue weighted by Crippen LogP contribution is 2.23. The summed E-state index contributed by atoms with van der Waals surface area (Å²) in [7, 11) is 0. The van der Waals surface area contributed by atoms with Gasteiger partial charge in [-0.05, 0) is 46.3 Å². The van der Waals surface area contributed by atoms with E-state index in [0.29, 0.717) is 22.4 Å². The second-order valence-electron chi connectivity index (χ2n) is 6.58. The molecule has 2 amide bonds. The minimum Gasteiger partial charge on any atom is -0.481 e. The van der Waals surface area contributed by atoms with E-state index in [2.05, 4.69) is 26.8 Å². The first kappa shape index (κ1) is 21.2. The van der Waals surface area contributed by atoms with Crippen molar-refractivity contribution in [1.82, 2.24) is 10.9 Å². The molecule has 0 saturated heterocycles. The Labute approximate surface area is 156 Å². The number of aliphatic carboxylic acids is 1. The lowest BCUT2D eigenvalue weighted by Gasteiger charge is -2.20. The Bertz CT molecular complexity index is 619. The number of carboxylic acid groups (broad SMARTS) is 1. The predicted octanol–water partition coefficient (Wildman–Crippen LogP) is 3.37. The maximum absolute atomic E-state index is 12.0. The van der Waals surface area contributed by atoms with Gasteiger partial charge < -0.3 is 5.11 Å². The van der Waals surface area contributed by atoms with Crippen LogP contribution in [0.2, 0.25) is 0 Å². The number of amides is 2. The number of hydrazine groups is 1.